The second kappa shape index (κ2) is 13.2. The van der Waals surface area contributed by atoms with E-state index in [2.05, 4.69) is 24.0 Å². The number of piperazine rings is 1. The molecule has 40 heavy (non-hydrogen) atoms. The van der Waals surface area contributed by atoms with Gasteiger partial charge in [0.25, 0.3) is 0 Å². The fraction of sp³-hybridized carbons (Fsp3) is 0.516. The van der Waals surface area contributed by atoms with Crippen molar-refractivity contribution < 1.29 is 29.0 Å². The number of carbonyl (C=O) groups is 3. The van der Waals surface area contributed by atoms with Gasteiger partial charge in [0.15, 0.2) is 0 Å². The molecule has 1 saturated heterocycles. The first-order valence-electron chi connectivity index (χ1n) is 14.1. The number of anilines is 1. The van der Waals surface area contributed by atoms with Crippen molar-refractivity contribution in [2.45, 2.75) is 64.6 Å². The Kier molecular flexibility index (Phi) is 9.68. The minimum atomic E-state index is -0.858. The van der Waals surface area contributed by atoms with E-state index in [4.69, 9.17) is 9.47 Å². The Morgan fingerprint density at radius 1 is 1.05 bits per heavy atom. The largest absolute Gasteiger partial charge is 0.490 e. The van der Waals surface area contributed by atoms with Crippen molar-refractivity contribution in [1.82, 2.24) is 9.80 Å². The Bertz CT molecular complexity index is 1210. The number of rotatable bonds is 8. The van der Waals surface area contributed by atoms with Gasteiger partial charge in [-0.1, -0.05) is 18.2 Å². The minimum Gasteiger partial charge on any atom is -0.490 e. The van der Waals surface area contributed by atoms with Crippen molar-refractivity contribution in [3.05, 3.63) is 59.2 Å². The Balaban J connectivity index is 1.28. The van der Waals surface area contributed by atoms with Crippen LogP contribution in [0.2, 0.25) is 0 Å². The quantitative estimate of drug-likeness (QED) is 0.483. The molecule has 4 rings (SSSR count). The number of hydrogen-bond acceptors (Lipinski definition) is 6. The van der Waals surface area contributed by atoms with E-state index in [1.807, 2.05) is 44.3 Å². The summed E-state index contributed by atoms with van der Waals surface area (Å²) < 4.78 is 10.9. The highest BCUT2D eigenvalue weighted by Crippen LogP contribution is 2.31. The standard InChI is InChI=1S/C31H41N3O6/c1-21-16-26(11-8-25(21)20-33-14-15-34(31(37)38)22(2)19-33)32(3)30(36)24-9-12-27(13-10-24)40-28-7-5-6-23(17-28)18-29(35)39-4/h5-8,11,16-17,22,24,27H,9-10,12-15,18-20H2,1-4H3,(H,37,38)/t22-,24-,27-/m0/s1. The summed E-state index contributed by atoms with van der Waals surface area (Å²) in [6.07, 6.45) is 2.55. The molecule has 0 aromatic heterocycles. The van der Waals surface area contributed by atoms with Crippen LogP contribution >= 0.6 is 0 Å². The topological polar surface area (TPSA) is 99.6 Å². The molecule has 0 spiro atoms. The zero-order valence-corrected chi connectivity index (χ0v) is 24.0. The number of nitrogens with zero attached hydrogens (tertiary/aromatic N) is 3. The molecule has 2 aromatic carbocycles. The minimum absolute atomic E-state index is 0.0354. The maximum atomic E-state index is 13.4. The van der Waals surface area contributed by atoms with Crippen molar-refractivity contribution in [2.75, 3.05) is 38.7 Å². The average molecular weight is 552 g/mol. The normalized spacial score (nSPS) is 21.5. The van der Waals surface area contributed by atoms with E-state index in [1.54, 1.807) is 4.90 Å². The Morgan fingerprint density at radius 3 is 2.45 bits per heavy atom. The lowest BCUT2D eigenvalue weighted by Gasteiger charge is -2.38. The van der Waals surface area contributed by atoms with Gasteiger partial charge in [-0.15, -0.1) is 0 Å². The number of amides is 2. The third-order valence-corrected chi connectivity index (χ3v) is 8.20. The zero-order valence-electron chi connectivity index (χ0n) is 24.0. The van der Waals surface area contributed by atoms with Gasteiger partial charge < -0.3 is 24.4 Å². The van der Waals surface area contributed by atoms with Crippen LogP contribution < -0.4 is 9.64 Å². The number of aryl methyl sites for hydroxylation is 1. The lowest BCUT2D eigenvalue weighted by atomic mass is 9.86. The van der Waals surface area contributed by atoms with Gasteiger partial charge in [0, 0.05) is 50.9 Å². The van der Waals surface area contributed by atoms with Crippen LogP contribution in [-0.4, -0.2) is 78.8 Å². The van der Waals surface area contributed by atoms with Crippen molar-refractivity contribution >= 4 is 23.7 Å². The molecular formula is C31H41N3O6. The number of benzene rings is 2. The van der Waals surface area contributed by atoms with Gasteiger partial charge >= 0.3 is 12.1 Å². The summed E-state index contributed by atoms with van der Waals surface area (Å²) in [7, 11) is 3.23. The van der Waals surface area contributed by atoms with Crippen molar-refractivity contribution in [3.8, 4) is 5.75 Å². The lowest BCUT2D eigenvalue weighted by molar-refractivity contribution is -0.139. The van der Waals surface area contributed by atoms with Gasteiger partial charge in [-0.2, -0.15) is 0 Å². The van der Waals surface area contributed by atoms with Gasteiger partial charge in [0.1, 0.15) is 5.75 Å². The summed E-state index contributed by atoms with van der Waals surface area (Å²) in [6.45, 7) is 6.70. The summed E-state index contributed by atoms with van der Waals surface area (Å²) in [5.74, 6) is 0.546. The predicted molar refractivity (Wildman–Crippen MR) is 153 cm³/mol. The fourth-order valence-electron chi connectivity index (χ4n) is 5.76. The molecule has 1 N–H and O–H groups in total. The third kappa shape index (κ3) is 7.33. The first-order chi connectivity index (χ1) is 19.1. The van der Waals surface area contributed by atoms with Crippen LogP contribution in [0.15, 0.2) is 42.5 Å². The SMILES string of the molecule is COC(=O)Cc1cccc(O[C@H]2CC[C@H](C(=O)N(C)c3ccc(CN4CCN(C(=O)O)[C@@H](C)C4)c(C)c3)CC2)c1. The van der Waals surface area contributed by atoms with Crippen LogP contribution in [0.25, 0.3) is 0 Å². The van der Waals surface area contributed by atoms with E-state index < -0.39 is 6.09 Å². The van der Waals surface area contributed by atoms with E-state index in [1.165, 1.54) is 17.6 Å². The third-order valence-electron chi connectivity index (χ3n) is 8.20. The molecular weight excluding hydrogens is 510 g/mol. The summed E-state index contributed by atoms with van der Waals surface area (Å²) in [6, 6.07) is 13.7. The van der Waals surface area contributed by atoms with E-state index in [9.17, 15) is 19.5 Å². The molecule has 9 heteroatoms. The summed E-state index contributed by atoms with van der Waals surface area (Å²) in [4.78, 5) is 41.8. The maximum absolute atomic E-state index is 13.4. The second-order valence-corrected chi connectivity index (χ2v) is 11.1. The van der Waals surface area contributed by atoms with Gasteiger partial charge in [-0.3, -0.25) is 14.5 Å². The molecule has 2 amide bonds. The molecule has 2 aromatic rings. The van der Waals surface area contributed by atoms with E-state index in [-0.39, 0.29) is 36.4 Å². The first kappa shape index (κ1) is 29.4. The lowest BCUT2D eigenvalue weighted by Crippen LogP contribution is -2.53. The molecule has 1 heterocycles. The molecule has 1 saturated carbocycles. The van der Waals surface area contributed by atoms with Crippen LogP contribution in [0, 0.1) is 12.8 Å². The number of carbonyl (C=O) groups excluding carboxylic acids is 2. The summed E-state index contributed by atoms with van der Waals surface area (Å²) >= 11 is 0. The monoisotopic (exact) mass is 551 g/mol. The van der Waals surface area contributed by atoms with Crippen molar-refractivity contribution in [3.63, 3.8) is 0 Å². The van der Waals surface area contributed by atoms with Crippen LogP contribution in [0.4, 0.5) is 10.5 Å². The smallest absolute Gasteiger partial charge is 0.407 e. The first-order valence-corrected chi connectivity index (χ1v) is 14.1. The molecule has 0 radical (unpaired) electrons. The number of ether oxygens (including phenoxy) is 2. The van der Waals surface area contributed by atoms with Crippen molar-refractivity contribution in [1.29, 1.82) is 0 Å². The van der Waals surface area contributed by atoms with Crippen molar-refractivity contribution in [2.24, 2.45) is 5.92 Å². The maximum Gasteiger partial charge on any atom is 0.407 e. The van der Waals surface area contributed by atoms with Gasteiger partial charge in [0.2, 0.25) is 5.91 Å². The van der Waals surface area contributed by atoms with Crippen LogP contribution in [0.1, 0.15) is 49.3 Å². The average Bonchev–Trinajstić information content (AvgIpc) is 2.93. The number of esters is 1. The molecule has 1 aliphatic heterocycles. The Labute approximate surface area is 236 Å². The number of methoxy groups -OCH3 is 1. The highest BCUT2D eigenvalue weighted by molar-refractivity contribution is 5.94. The molecule has 9 nitrogen and oxygen atoms in total. The van der Waals surface area contributed by atoms with Gasteiger partial charge in [-0.25, -0.2) is 4.79 Å². The Morgan fingerprint density at radius 2 is 1.80 bits per heavy atom. The van der Waals surface area contributed by atoms with Crippen LogP contribution in [0.3, 0.4) is 0 Å². The predicted octanol–water partition coefficient (Wildman–Crippen LogP) is 4.50. The summed E-state index contributed by atoms with van der Waals surface area (Å²) in [5, 5.41) is 9.32. The molecule has 216 valence electrons. The highest BCUT2D eigenvalue weighted by atomic mass is 16.5. The van der Waals surface area contributed by atoms with Crippen LogP contribution in [0.5, 0.6) is 5.75 Å². The van der Waals surface area contributed by atoms with Gasteiger partial charge in [-0.05, 0) is 80.5 Å². The molecule has 2 fully saturated rings. The van der Waals surface area contributed by atoms with E-state index >= 15 is 0 Å². The molecule has 1 aliphatic carbocycles. The zero-order chi connectivity index (χ0) is 28.8. The number of hydrogen-bond donors (Lipinski definition) is 1. The Hall–Kier alpha value is -3.59. The number of carboxylic acid groups (broad SMARTS) is 1. The van der Waals surface area contributed by atoms with E-state index in [0.29, 0.717) is 19.6 Å². The van der Waals surface area contributed by atoms with Crippen LogP contribution in [-0.2, 0) is 27.3 Å². The molecule has 1 atom stereocenters. The fourth-order valence-corrected chi connectivity index (χ4v) is 5.76. The molecule has 0 unspecified atom stereocenters. The van der Waals surface area contributed by atoms with E-state index in [0.717, 1.165) is 54.8 Å². The van der Waals surface area contributed by atoms with Gasteiger partial charge in [0.05, 0.1) is 19.6 Å². The summed E-state index contributed by atoms with van der Waals surface area (Å²) in [5.41, 5.74) is 4.05. The molecule has 2 aliphatic rings. The second-order valence-electron chi connectivity index (χ2n) is 11.1. The molecule has 0 bridgehead atoms. The highest BCUT2D eigenvalue weighted by Gasteiger charge is 2.30.